The molecule has 0 aliphatic carbocycles. The largest absolute Gasteiger partial charge is 0.480 e. The summed E-state index contributed by atoms with van der Waals surface area (Å²) in [5.74, 6) is -3.68. The minimum atomic E-state index is -1.14. The van der Waals surface area contributed by atoms with Crippen LogP contribution in [-0.2, 0) is 19.2 Å². The van der Waals surface area contributed by atoms with Crippen molar-refractivity contribution in [2.45, 2.75) is 19.4 Å². The number of carboxylic acid groups (broad SMARTS) is 2. The van der Waals surface area contributed by atoms with Gasteiger partial charge in [0.2, 0.25) is 11.8 Å². The van der Waals surface area contributed by atoms with Gasteiger partial charge < -0.3 is 21.7 Å². The number of carbonyl (C=O) groups excluding carboxylic acids is 2. The molecule has 0 fully saturated rings. The summed E-state index contributed by atoms with van der Waals surface area (Å²) < 4.78 is 0. The molecule has 0 aromatic rings. The number of amides is 2. The molecule has 10 heteroatoms. The van der Waals surface area contributed by atoms with Crippen LogP contribution in [-0.4, -0.2) is 82.5 Å². The fraction of sp³-hybridized carbons (Fsp3) is 0.667. The Hall–Kier alpha value is -2.20. The van der Waals surface area contributed by atoms with E-state index in [4.69, 9.17) is 21.7 Å². The highest BCUT2D eigenvalue weighted by Gasteiger charge is 2.25. The van der Waals surface area contributed by atoms with Gasteiger partial charge in [0.05, 0.1) is 26.2 Å². The van der Waals surface area contributed by atoms with Gasteiger partial charge >= 0.3 is 11.9 Å². The van der Waals surface area contributed by atoms with E-state index >= 15 is 0 Å². The lowest BCUT2D eigenvalue weighted by Gasteiger charge is -2.32. The predicted molar refractivity (Wildman–Crippen MR) is 75.8 cm³/mol. The SMILES string of the molecule is CCC(CN(CC(N)=O)CC(=O)O)N(CC(N)=O)CC(=O)O. The number of rotatable bonds is 12. The predicted octanol–water partition coefficient (Wildman–Crippen LogP) is -2.49. The molecule has 1 unspecified atom stereocenters. The Kier molecular flexibility index (Phi) is 8.72. The minimum absolute atomic E-state index is 0.0757. The minimum Gasteiger partial charge on any atom is -0.480 e. The molecule has 0 aliphatic rings. The van der Waals surface area contributed by atoms with Crippen molar-refractivity contribution in [3.8, 4) is 0 Å². The Morgan fingerprint density at radius 2 is 1.41 bits per heavy atom. The van der Waals surface area contributed by atoms with Crippen molar-refractivity contribution < 1.29 is 29.4 Å². The quantitative estimate of drug-likeness (QED) is 0.306. The highest BCUT2D eigenvalue weighted by Crippen LogP contribution is 2.07. The number of hydrogen-bond acceptors (Lipinski definition) is 6. The van der Waals surface area contributed by atoms with Gasteiger partial charge in [0.1, 0.15) is 0 Å². The third kappa shape index (κ3) is 8.87. The number of carbonyl (C=O) groups is 4. The summed E-state index contributed by atoms with van der Waals surface area (Å²) in [5.41, 5.74) is 10.2. The molecule has 2 amide bonds. The first-order valence-corrected chi connectivity index (χ1v) is 6.62. The van der Waals surface area contributed by atoms with Gasteiger partial charge in [-0.25, -0.2) is 0 Å². The highest BCUT2D eigenvalue weighted by molar-refractivity contribution is 5.78. The molecule has 10 nitrogen and oxygen atoms in total. The lowest BCUT2D eigenvalue weighted by molar-refractivity contribution is -0.142. The molecule has 0 rings (SSSR count). The zero-order valence-electron chi connectivity index (χ0n) is 12.4. The molecule has 0 saturated carbocycles. The molecule has 0 aromatic heterocycles. The van der Waals surface area contributed by atoms with Crippen molar-refractivity contribution in [2.24, 2.45) is 11.5 Å². The summed E-state index contributed by atoms with van der Waals surface area (Å²) in [6.07, 6.45) is 0.440. The molecule has 0 spiro atoms. The molecule has 1 atom stereocenters. The average molecular weight is 318 g/mol. The van der Waals surface area contributed by atoms with Crippen molar-refractivity contribution in [3.05, 3.63) is 0 Å². The first-order chi connectivity index (χ1) is 10.1. The fourth-order valence-electron chi connectivity index (χ4n) is 2.09. The Morgan fingerprint density at radius 1 is 0.909 bits per heavy atom. The Labute approximate surface area is 127 Å². The van der Waals surface area contributed by atoms with E-state index in [1.54, 1.807) is 6.92 Å². The van der Waals surface area contributed by atoms with Crippen molar-refractivity contribution >= 4 is 23.8 Å². The third-order valence-corrected chi connectivity index (χ3v) is 2.89. The van der Waals surface area contributed by atoms with Gasteiger partial charge in [-0.05, 0) is 6.42 Å². The molecular formula is C12H22N4O6. The topological polar surface area (TPSA) is 167 Å². The van der Waals surface area contributed by atoms with Crippen LogP contribution in [0.5, 0.6) is 0 Å². The van der Waals surface area contributed by atoms with Gasteiger partial charge in [0.15, 0.2) is 0 Å². The van der Waals surface area contributed by atoms with Crippen LogP contribution in [0.2, 0.25) is 0 Å². The number of nitrogens with two attached hydrogens (primary N) is 2. The van der Waals surface area contributed by atoms with Gasteiger partial charge in [-0.2, -0.15) is 0 Å². The van der Waals surface area contributed by atoms with Crippen molar-refractivity contribution in [1.82, 2.24) is 9.80 Å². The number of primary amides is 2. The number of carboxylic acids is 2. The van der Waals surface area contributed by atoms with Crippen LogP contribution >= 0.6 is 0 Å². The molecule has 0 aromatic carbocycles. The van der Waals surface area contributed by atoms with E-state index in [0.717, 1.165) is 0 Å². The second-order valence-electron chi connectivity index (χ2n) is 4.86. The van der Waals surface area contributed by atoms with Gasteiger partial charge in [0.25, 0.3) is 0 Å². The molecule has 0 radical (unpaired) electrons. The zero-order valence-corrected chi connectivity index (χ0v) is 12.4. The second kappa shape index (κ2) is 9.68. The Balaban J connectivity index is 5.03. The van der Waals surface area contributed by atoms with E-state index in [1.165, 1.54) is 9.80 Å². The van der Waals surface area contributed by atoms with Gasteiger partial charge in [-0.3, -0.25) is 29.0 Å². The smallest absolute Gasteiger partial charge is 0.317 e. The first-order valence-electron chi connectivity index (χ1n) is 6.62. The van der Waals surface area contributed by atoms with Gasteiger partial charge in [-0.15, -0.1) is 0 Å². The monoisotopic (exact) mass is 318 g/mol. The summed E-state index contributed by atoms with van der Waals surface area (Å²) >= 11 is 0. The maximum absolute atomic E-state index is 11.1. The molecule has 0 bridgehead atoms. The van der Waals surface area contributed by atoms with Crippen LogP contribution in [0.3, 0.4) is 0 Å². The highest BCUT2D eigenvalue weighted by atomic mass is 16.4. The molecule has 0 heterocycles. The summed E-state index contributed by atoms with van der Waals surface area (Å²) in [4.78, 5) is 46.4. The normalized spacial score (nSPS) is 12.3. The first kappa shape index (κ1) is 19.8. The van der Waals surface area contributed by atoms with E-state index in [-0.39, 0.29) is 19.6 Å². The van der Waals surface area contributed by atoms with Crippen molar-refractivity contribution in [1.29, 1.82) is 0 Å². The molecule has 0 aliphatic heterocycles. The summed E-state index contributed by atoms with van der Waals surface area (Å²) in [6, 6.07) is -0.456. The van der Waals surface area contributed by atoms with E-state index < -0.39 is 42.9 Å². The molecule has 22 heavy (non-hydrogen) atoms. The lowest BCUT2D eigenvalue weighted by atomic mass is 10.1. The summed E-state index contributed by atoms with van der Waals surface area (Å²) in [5, 5.41) is 17.7. The van der Waals surface area contributed by atoms with Crippen LogP contribution in [0.15, 0.2) is 0 Å². The van der Waals surface area contributed by atoms with Crippen LogP contribution in [0.25, 0.3) is 0 Å². The maximum atomic E-state index is 11.1. The van der Waals surface area contributed by atoms with Crippen molar-refractivity contribution in [3.63, 3.8) is 0 Å². The molecular weight excluding hydrogens is 296 g/mol. The van der Waals surface area contributed by atoms with Crippen molar-refractivity contribution in [2.75, 3.05) is 32.7 Å². The third-order valence-electron chi connectivity index (χ3n) is 2.89. The van der Waals surface area contributed by atoms with Crippen LogP contribution in [0, 0.1) is 0 Å². The standard InChI is InChI=1S/C12H22N4O6/c1-2-8(16(5-10(14)18)7-12(21)22)3-15(4-9(13)17)6-11(19)20/h8H,2-7H2,1H3,(H2,13,17)(H2,14,18)(H,19,20)(H,21,22). The number of hydrogen-bond donors (Lipinski definition) is 4. The molecule has 0 saturated heterocycles. The van der Waals surface area contributed by atoms with Crippen LogP contribution in [0.4, 0.5) is 0 Å². The van der Waals surface area contributed by atoms with Gasteiger partial charge in [0, 0.05) is 12.6 Å². The summed E-state index contributed by atoms with van der Waals surface area (Å²) in [6.45, 7) is 0.439. The number of nitrogens with zero attached hydrogens (tertiary/aromatic N) is 2. The molecule has 6 N–H and O–H groups in total. The zero-order chi connectivity index (χ0) is 17.3. The fourth-order valence-corrected chi connectivity index (χ4v) is 2.09. The van der Waals surface area contributed by atoms with E-state index in [0.29, 0.717) is 6.42 Å². The summed E-state index contributed by atoms with van der Waals surface area (Å²) in [7, 11) is 0. The van der Waals surface area contributed by atoms with Gasteiger partial charge in [-0.1, -0.05) is 6.92 Å². The van der Waals surface area contributed by atoms with E-state index in [2.05, 4.69) is 0 Å². The second-order valence-corrected chi connectivity index (χ2v) is 4.86. The van der Waals surface area contributed by atoms with E-state index in [9.17, 15) is 19.2 Å². The van der Waals surface area contributed by atoms with Crippen LogP contribution in [0.1, 0.15) is 13.3 Å². The lowest BCUT2D eigenvalue weighted by Crippen LogP contribution is -2.51. The van der Waals surface area contributed by atoms with Crippen LogP contribution < -0.4 is 11.5 Å². The maximum Gasteiger partial charge on any atom is 0.317 e. The Morgan fingerprint density at radius 3 is 1.77 bits per heavy atom. The number of aliphatic carboxylic acids is 2. The average Bonchev–Trinajstić information content (AvgIpc) is 2.32. The van der Waals surface area contributed by atoms with E-state index in [1.807, 2.05) is 0 Å². The Bertz CT molecular complexity index is 396. The molecule has 126 valence electrons.